The Morgan fingerprint density at radius 3 is 2.53 bits per heavy atom. The van der Waals surface area contributed by atoms with Crippen molar-refractivity contribution in [1.29, 1.82) is 0 Å². The molecule has 4 nitrogen and oxygen atoms in total. The Morgan fingerprint density at radius 2 is 1.82 bits per heavy atom. The molecule has 0 atom stereocenters. The Kier molecular flexibility index (Phi) is 2.55. The minimum Gasteiger partial charge on any atom is -0.399 e. The first-order chi connectivity index (χ1) is 8.33. The summed E-state index contributed by atoms with van der Waals surface area (Å²) in [5, 5.41) is 4.56. The standard InChI is InChI=1S/C13H16N4/c14-11-7-5-10(6-8-11)13-15-9-17(16-13)12-3-1-2-4-12/h5-9,12H,1-4,14H2. The van der Waals surface area contributed by atoms with Crippen LogP contribution in [-0.4, -0.2) is 14.8 Å². The van der Waals surface area contributed by atoms with E-state index in [0.717, 1.165) is 17.1 Å². The maximum Gasteiger partial charge on any atom is 0.181 e. The van der Waals surface area contributed by atoms with E-state index in [1.165, 1.54) is 25.7 Å². The Morgan fingerprint density at radius 1 is 1.12 bits per heavy atom. The molecular weight excluding hydrogens is 212 g/mol. The molecule has 88 valence electrons. The summed E-state index contributed by atoms with van der Waals surface area (Å²) in [6.07, 6.45) is 6.92. The van der Waals surface area contributed by atoms with Crippen LogP contribution in [0.5, 0.6) is 0 Å². The fraction of sp³-hybridized carbons (Fsp3) is 0.385. The molecule has 1 heterocycles. The predicted octanol–water partition coefficient (Wildman–Crippen LogP) is 2.64. The van der Waals surface area contributed by atoms with Crippen molar-refractivity contribution in [1.82, 2.24) is 14.8 Å². The van der Waals surface area contributed by atoms with Gasteiger partial charge in [0.25, 0.3) is 0 Å². The van der Waals surface area contributed by atoms with E-state index in [4.69, 9.17) is 5.73 Å². The highest BCUT2D eigenvalue weighted by Gasteiger charge is 2.18. The smallest absolute Gasteiger partial charge is 0.181 e. The van der Waals surface area contributed by atoms with Gasteiger partial charge in [-0.3, -0.25) is 0 Å². The van der Waals surface area contributed by atoms with Gasteiger partial charge < -0.3 is 5.73 Å². The summed E-state index contributed by atoms with van der Waals surface area (Å²) in [6, 6.07) is 8.23. The van der Waals surface area contributed by atoms with Gasteiger partial charge in [-0.2, -0.15) is 5.10 Å². The molecule has 0 spiro atoms. The van der Waals surface area contributed by atoms with Gasteiger partial charge in [-0.25, -0.2) is 9.67 Å². The van der Waals surface area contributed by atoms with Crippen LogP contribution < -0.4 is 5.73 Å². The van der Waals surface area contributed by atoms with Gasteiger partial charge in [0.1, 0.15) is 6.33 Å². The molecule has 2 aromatic rings. The summed E-state index contributed by atoms with van der Waals surface area (Å²) in [5.74, 6) is 0.789. The van der Waals surface area contributed by atoms with Crippen molar-refractivity contribution in [3.8, 4) is 11.4 Å². The maximum atomic E-state index is 5.66. The SMILES string of the molecule is Nc1ccc(-c2ncn(C3CCCC3)n2)cc1. The summed E-state index contributed by atoms with van der Waals surface area (Å²) in [6.45, 7) is 0. The summed E-state index contributed by atoms with van der Waals surface area (Å²) in [5.41, 5.74) is 7.46. The van der Waals surface area contributed by atoms with Crippen LogP contribution in [0.25, 0.3) is 11.4 Å². The molecule has 1 aromatic heterocycles. The van der Waals surface area contributed by atoms with Gasteiger partial charge in [0.15, 0.2) is 5.82 Å². The molecule has 17 heavy (non-hydrogen) atoms. The third-order valence-electron chi connectivity index (χ3n) is 3.38. The molecule has 1 fully saturated rings. The lowest BCUT2D eigenvalue weighted by atomic mass is 10.2. The van der Waals surface area contributed by atoms with Crippen LogP contribution in [0.4, 0.5) is 5.69 Å². The molecule has 0 amide bonds. The second-order valence-electron chi connectivity index (χ2n) is 4.61. The fourth-order valence-electron chi connectivity index (χ4n) is 2.38. The van der Waals surface area contributed by atoms with Crippen molar-refractivity contribution in [2.75, 3.05) is 5.73 Å². The molecule has 0 saturated heterocycles. The minimum absolute atomic E-state index is 0.546. The molecule has 2 N–H and O–H groups in total. The first-order valence-corrected chi connectivity index (χ1v) is 6.10. The Balaban J connectivity index is 1.86. The predicted molar refractivity (Wildman–Crippen MR) is 67.4 cm³/mol. The molecule has 1 aliphatic carbocycles. The molecule has 1 aliphatic rings. The molecule has 3 rings (SSSR count). The van der Waals surface area contributed by atoms with Crippen molar-refractivity contribution in [3.05, 3.63) is 30.6 Å². The average Bonchev–Trinajstić information content (AvgIpc) is 3.00. The van der Waals surface area contributed by atoms with Gasteiger partial charge in [0.2, 0.25) is 0 Å². The zero-order chi connectivity index (χ0) is 11.7. The highest BCUT2D eigenvalue weighted by Crippen LogP contribution is 2.29. The summed E-state index contributed by atoms with van der Waals surface area (Å²) in [4.78, 5) is 4.37. The molecule has 0 bridgehead atoms. The number of anilines is 1. The molecule has 0 aliphatic heterocycles. The molecule has 1 aromatic carbocycles. The van der Waals surface area contributed by atoms with Crippen molar-refractivity contribution >= 4 is 5.69 Å². The second kappa shape index (κ2) is 4.20. The first-order valence-electron chi connectivity index (χ1n) is 6.10. The zero-order valence-electron chi connectivity index (χ0n) is 9.71. The average molecular weight is 228 g/mol. The Bertz CT molecular complexity index is 494. The number of hydrogen-bond acceptors (Lipinski definition) is 3. The van der Waals surface area contributed by atoms with Gasteiger partial charge in [-0.1, -0.05) is 12.8 Å². The van der Waals surface area contributed by atoms with Gasteiger partial charge >= 0.3 is 0 Å². The number of aromatic nitrogens is 3. The largest absolute Gasteiger partial charge is 0.399 e. The van der Waals surface area contributed by atoms with Crippen molar-refractivity contribution < 1.29 is 0 Å². The summed E-state index contributed by atoms with van der Waals surface area (Å²) < 4.78 is 2.01. The van der Waals surface area contributed by atoms with E-state index in [1.54, 1.807) is 0 Å². The van der Waals surface area contributed by atoms with E-state index >= 15 is 0 Å². The lowest BCUT2D eigenvalue weighted by molar-refractivity contribution is 0.466. The Hall–Kier alpha value is -1.84. The molecule has 4 heteroatoms. The second-order valence-corrected chi connectivity index (χ2v) is 4.61. The van der Waals surface area contributed by atoms with Crippen molar-refractivity contribution in [2.45, 2.75) is 31.7 Å². The van der Waals surface area contributed by atoms with Crippen LogP contribution in [0.3, 0.4) is 0 Å². The normalized spacial score (nSPS) is 16.5. The zero-order valence-corrected chi connectivity index (χ0v) is 9.71. The topological polar surface area (TPSA) is 56.7 Å². The van der Waals surface area contributed by atoms with E-state index in [9.17, 15) is 0 Å². The first kappa shape index (κ1) is 10.3. The number of nitrogens with two attached hydrogens (primary N) is 1. The number of hydrogen-bond donors (Lipinski definition) is 1. The van der Waals surface area contributed by atoms with E-state index in [-0.39, 0.29) is 0 Å². The molecular formula is C13H16N4. The van der Waals surface area contributed by atoms with E-state index in [2.05, 4.69) is 10.1 Å². The van der Waals surface area contributed by atoms with Crippen LogP contribution in [0.15, 0.2) is 30.6 Å². The number of nitrogens with zero attached hydrogens (tertiary/aromatic N) is 3. The molecule has 0 radical (unpaired) electrons. The van der Waals surface area contributed by atoms with Gasteiger partial charge in [-0.15, -0.1) is 0 Å². The molecule has 1 saturated carbocycles. The highest BCUT2D eigenvalue weighted by atomic mass is 15.3. The van der Waals surface area contributed by atoms with Crippen molar-refractivity contribution in [2.24, 2.45) is 0 Å². The third kappa shape index (κ3) is 2.02. The minimum atomic E-state index is 0.546. The maximum absolute atomic E-state index is 5.66. The van der Waals surface area contributed by atoms with E-state index in [1.807, 2.05) is 35.3 Å². The van der Waals surface area contributed by atoms with Crippen LogP contribution in [-0.2, 0) is 0 Å². The highest BCUT2D eigenvalue weighted by molar-refractivity contribution is 5.57. The van der Waals surface area contributed by atoms with Crippen LogP contribution in [0.2, 0.25) is 0 Å². The Labute approximate surface area is 100 Å². The van der Waals surface area contributed by atoms with E-state index < -0.39 is 0 Å². The summed E-state index contributed by atoms with van der Waals surface area (Å²) >= 11 is 0. The van der Waals surface area contributed by atoms with E-state index in [0.29, 0.717) is 6.04 Å². The third-order valence-corrected chi connectivity index (χ3v) is 3.38. The number of nitrogen functional groups attached to an aromatic ring is 1. The van der Waals surface area contributed by atoms with Gasteiger partial charge in [-0.05, 0) is 37.1 Å². The van der Waals surface area contributed by atoms with Crippen molar-refractivity contribution in [3.63, 3.8) is 0 Å². The fourth-order valence-corrected chi connectivity index (χ4v) is 2.38. The van der Waals surface area contributed by atoms with Crippen LogP contribution in [0.1, 0.15) is 31.7 Å². The lowest BCUT2D eigenvalue weighted by Gasteiger charge is -2.07. The van der Waals surface area contributed by atoms with Gasteiger partial charge in [0, 0.05) is 11.3 Å². The summed E-state index contributed by atoms with van der Waals surface area (Å²) in [7, 11) is 0. The van der Waals surface area contributed by atoms with Crippen LogP contribution >= 0.6 is 0 Å². The quantitative estimate of drug-likeness (QED) is 0.804. The monoisotopic (exact) mass is 228 g/mol. The number of benzene rings is 1. The van der Waals surface area contributed by atoms with Gasteiger partial charge in [0.05, 0.1) is 6.04 Å². The lowest BCUT2D eigenvalue weighted by Crippen LogP contribution is -2.04. The van der Waals surface area contributed by atoms with Crippen LogP contribution in [0, 0.1) is 0 Å². The molecule has 0 unspecified atom stereocenters. The number of rotatable bonds is 2.